The Labute approximate surface area is 199 Å². The average Bonchev–Trinajstić information content (AvgIpc) is 3.27. The van der Waals surface area contributed by atoms with Crippen molar-refractivity contribution in [1.82, 2.24) is 29.9 Å². The lowest BCUT2D eigenvalue weighted by Crippen LogP contribution is -2.29. The van der Waals surface area contributed by atoms with E-state index in [0.717, 1.165) is 5.56 Å². The van der Waals surface area contributed by atoms with Gasteiger partial charge in [-0.3, -0.25) is 19.3 Å². The number of fused-ring (bicyclic) bond motifs is 1. The first-order chi connectivity index (χ1) is 17.0. The third-order valence-electron chi connectivity index (χ3n) is 5.67. The molecule has 174 valence electrons. The maximum atomic E-state index is 13.2. The first-order valence-corrected chi connectivity index (χ1v) is 11.0. The van der Waals surface area contributed by atoms with Crippen molar-refractivity contribution in [3.8, 4) is 11.3 Å². The van der Waals surface area contributed by atoms with Gasteiger partial charge in [0.1, 0.15) is 11.5 Å². The standard InChI is InChI=1S/C26H21FN6O2/c1-32-24(13-22(30-32)18-8-10-19(27)11-9-18)25(34)29-15-23-20-6-2-3-7-21(20)26(35)33(31-23)16-17-5-4-12-28-14-17/h2-14H,15-16H2,1H3,(H,29,34). The van der Waals surface area contributed by atoms with Gasteiger partial charge < -0.3 is 5.32 Å². The lowest BCUT2D eigenvalue weighted by Gasteiger charge is -2.12. The Balaban J connectivity index is 1.42. The highest BCUT2D eigenvalue weighted by atomic mass is 19.1. The predicted octanol–water partition coefficient (Wildman–Crippen LogP) is 3.31. The molecule has 0 aliphatic rings. The van der Waals surface area contributed by atoms with Gasteiger partial charge in [-0.05, 0) is 48.0 Å². The highest BCUT2D eigenvalue weighted by Crippen LogP contribution is 2.20. The second-order valence-corrected chi connectivity index (χ2v) is 8.04. The Morgan fingerprint density at radius 1 is 1.00 bits per heavy atom. The number of hydrogen-bond acceptors (Lipinski definition) is 5. The number of nitrogens with zero attached hydrogens (tertiary/aromatic N) is 5. The SMILES string of the molecule is Cn1nc(-c2ccc(F)cc2)cc1C(=O)NCc1nn(Cc2cccnc2)c(=O)c2ccccc12. The van der Waals surface area contributed by atoms with E-state index in [1.54, 1.807) is 55.8 Å². The molecule has 5 rings (SSSR count). The van der Waals surface area contributed by atoms with Crippen molar-refractivity contribution >= 4 is 16.7 Å². The molecule has 0 bridgehead atoms. The molecule has 5 aromatic rings. The molecule has 0 saturated carbocycles. The molecule has 8 nitrogen and oxygen atoms in total. The lowest BCUT2D eigenvalue weighted by molar-refractivity contribution is 0.0941. The van der Waals surface area contributed by atoms with Crippen LogP contribution >= 0.6 is 0 Å². The highest BCUT2D eigenvalue weighted by molar-refractivity contribution is 5.94. The number of carbonyl (C=O) groups is 1. The highest BCUT2D eigenvalue weighted by Gasteiger charge is 2.16. The van der Waals surface area contributed by atoms with E-state index in [1.807, 2.05) is 18.2 Å². The minimum absolute atomic E-state index is 0.115. The number of hydrogen-bond donors (Lipinski definition) is 1. The fraction of sp³-hybridized carbons (Fsp3) is 0.115. The second-order valence-electron chi connectivity index (χ2n) is 8.04. The normalized spacial score (nSPS) is 11.0. The Kier molecular flexibility index (Phi) is 5.88. The molecule has 1 amide bonds. The Bertz CT molecular complexity index is 1580. The lowest BCUT2D eigenvalue weighted by atomic mass is 10.1. The van der Waals surface area contributed by atoms with E-state index < -0.39 is 0 Å². The number of pyridine rings is 1. The van der Waals surface area contributed by atoms with Crippen LogP contribution in [0.5, 0.6) is 0 Å². The molecular weight excluding hydrogens is 447 g/mol. The maximum Gasteiger partial charge on any atom is 0.274 e. The molecule has 0 spiro atoms. The van der Waals surface area contributed by atoms with Crippen molar-refractivity contribution in [3.63, 3.8) is 0 Å². The monoisotopic (exact) mass is 468 g/mol. The smallest absolute Gasteiger partial charge is 0.274 e. The minimum atomic E-state index is -0.343. The van der Waals surface area contributed by atoms with Gasteiger partial charge in [-0.1, -0.05) is 24.3 Å². The molecule has 2 aromatic carbocycles. The first kappa shape index (κ1) is 22.1. The van der Waals surface area contributed by atoms with Gasteiger partial charge in [0.2, 0.25) is 0 Å². The van der Waals surface area contributed by atoms with Gasteiger partial charge in [0.25, 0.3) is 11.5 Å². The Hall–Kier alpha value is -4.66. The zero-order chi connectivity index (χ0) is 24.4. The quantitative estimate of drug-likeness (QED) is 0.413. The van der Waals surface area contributed by atoms with Crippen LogP contribution in [-0.4, -0.2) is 30.5 Å². The van der Waals surface area contributed by atoms with Gasteiger partial charge in [-0.25, -0.2) is 9.07 Å². The van der Waals surface area contributed by atoms with Gasteiger partial charge >= 0.3 is 0 Å². The van der Waals surface area contributed by atoms with Crippen LogP contribution in [-0.2, 0) is 20.1 Å². The number of halogens is 1. The maximum absolute atomic E-state index is 13.2. The van der Waals surface area contributed by atoms with Crippen molar-refractivity contribution < 1.29 is 9.18 Å². The molecule has 3 heterocycles. The van der Waals surface area contributed by atoms with E-state index in [1.165, 1.54) is 21.5 Å². The molecule has 1 N–H and O–H groups in total. The summed E-state index contributed by atoms with van der Waals surface area (Å²) in [6.07, 6.45) is 3.35. The summed E-state index contributed by atoms with van der Waals surface area (Å²) < 4.78 is 16.1. The number of aromatic nitrogens is 5. The summed E-state index contributed by atoms with van der Waals surface area (Å²) >= 11 is 0. The van der Waals surface area contributed by atoms with E-state index in [2.05, 4.69) is 20.5 Å². The summed E-state index contributed by atoms with van der Waals surface area (Å²) in [4.78, 5) is 30.1. The number of benzene rings is 2. The van der Waals surface area contributed by atoms with Crippen molar-refractivity contribution in [2.24, 2.45) is 7.05 Å². The van der Waals surface area contributed by atoms with Crippen LogP contribution < -0.4 is 10.9 Å². The van der Waals surface area contributed by atoms with E-state index in [9.17, 15) is 14.0 Å². The average molecular weight is 468 g/mol. The molecule has 0 saturated heterocycles. The van der Waals surface area contributed by atoms with Gasteiger partial charge in [0.15, 0.2) is 0 Å². The molecule has 0 fully saturated rings. The summed E-state index contributed by atoms with van der Waals surface area (Å²) in [6.45, 7) is 0.380. The summed E-state index contributed by atoms with van der Waals surface area (Å²) in [5.41, 5.74) is 2.81. The third kappa shape index (κ3) is 4.56. The summed E-state index contributed by atoms with van der Waals surface area (Å²) in [5, 5.41) is 13.0. The fourth-order valence-corrected chi connectivity index (χ4v) is 3.90. The van der Waals surface area contributed by atoms with Crippen LogP contribution in [0, 0.1) is 5.82 Å². The minimum Gasteiger partial charge on any atom is -0.345 e. The van der Waals surface area contributed by atoms with Gasteiger partial charge in [-0.15, -0.1) is 0 Å². The molecule has 0 radical (unpaired) electrons. The number of rotatable bonds is 6. The molecular formula is C26H21FN6O2. The summed E-state index contributed by atoms with van der Waals surface area (Å²) in [7, 11) is 1.67. The second kappa shape index (κ2) is 9.30. The van der Waals surface area contributed by atoms with E-state index >= 15 is 0 Å². The van der Waals surface area contributed by atoms with Gasteiger partial charge in [-0.2, -0.15) is 10.2 Å². The van der Waals surface area contributed by atoms with E-state index in [-0.39, 0.29) is 30.4 Å². The van der Waals surface area contributed by atoms with Gasteiger partial charge in [0.05, 0.1) is 29.9 Å². The van der Waals surface area contributed by atoms with E-state index in [4.69, 9.17) is 0 Å². The van der Waals surface area contributed by atoms with Crippen LogP contribution in [0.4, 0.5) is 4.39 Å². The zero-order valence-electron chi connectivity index (χ0n) is 18.9. The van der Waals surface area contributed by atoms with Crippen molar-refractivity contribution in [1.29, 1.82) is 0 Å². The number of carbonyl (C=O) groups excluding carboxylic acids is 1. The van der Waals surface area contributed by atoms with Crippen LogP contribution in [0.3, 0.4) is 0 Å². The zero-order valence-corrected chi connectivity index (χ0v) is 18.9. The van der Waals surface area contributed by atoms with Crippen molar-refractivity contribution in [3.05, 3.63) is 112 Å². The molecule has 0 aliphatic carbocycles. The largest absolute Gasteiger partial charge is 0.345 e. The molecule has 3 aromatic heterocycles. The molecule has 0 aliphatic heterocycles. The predicted molar refractivity (Wildman–Crippen MR) is 129 cm³/mol. The molecule has 0 unspecified atom stereocenters. The van der Waals surface area contributed by atoms with Crippen molar-refractivity contribution in [2.75, 3.05) is 0 Å². The van der Waals surface area contributed by atoms with Crippen LogP contribution in [0.1, 0.15) is 21.7 Å². The number of amides is 1. The fourth-order valence-electron chi connectivity index (χ4n) is 3.90. The van der Waals surface area contributed by atoms with Crippen LogP contribution in [0.25, 0.3) is 22.0 Å². The summed E-state index contributed by atoms with van der Waals surface area (Å²) in [6, 6.07) is 18.4. The third-order valence-corrected chi connectivity index (χ3v) is 5.67. The molecule has 0 atom stereocenters. The van der Waals surface area contributed by atoms with Gasteiger partial charge in [0, 0.05) is 30.4 Å². The molecule has 9 heteroatoms. The first-order valence-electron chi connectivity index (χ1n) is 11.0. The summed E-state index contributed by atoms with van der Waals surface area (Å²) in [5.74, 6) is -0.684. The van der Waals surface area contributed by atoms with Crippen LogP contribution in [0.2, 0.25) is 0 Å². The number of aryl methyl sites for hydroxylation is 1. The topological polar surface area (TPSA) is 94.7 Å². The number of nitrogens with one attached hydrogen (secondary N) is 1. The van der Waals surface area contributed by atoms with Crippen LogP contribution in [0.15, 0.2) is 83.9 Å². The molecule has 35 heavy (non-hydrogen) atoms. The Morgan fingerprint density at radius 2 is 1.77 bits per heavy atom. The van der Waals surface area contributed by atoms with Crippen molar-refractivity contribution in [2.45, 2.75) is 13.1 Å². The Morgan fingerprint density at radius 3 is 2.51 bits per heavy atom. The van der Waals surface area contributed by atoms with E-state index in [0.29, 0.717) is 33.4 Å².